The molecule has 0 aliphatic heterocycles. The second-order valence-corrected chi connectivity index (χ2v) is 9.88. The number of nitrogens with zero attached hydrogens (tertiary/aromatic N) is 1. The first-order valence-corrected chi connectivity index (χ1v) is 11.5. The summed E-state index contributed by atoms with van der Waals surface area (Å²) < 4.78 is 25.2. The molecule has 0 atom stereocenters. The molecular formula is C19H19ClN2O3S2. The van der Waals surface area contributed by atoms with Crippen LogP contribution in [-0.4, -0.2) is 25.1 Å². The Morgan fingerprint density at radius 2 is 1.93 bits per heavy atom. The minimum Gasteiger partial charge on any atom is -0.302 e. The van der Waals surface area contributed by atoms with Crippen LogP contribution in [0.25, 0.3) is 10.2 Å². The standard InChI is InChI=1S/C19H19ClN2O3S2/c1-13-9-10-15(20)18-17(13)22-19(26-18)21-16(23)8-5-11-27(24,25)12-14-6-3-2-4-7-14/h2-4,6-7,9-10H,5,8,11-12H2,1H3,(H,21,22,23). The van der Waals surface area contributed by atoms with Crippen molar-refractivity contribution in [1.82, 2.24) is 4.98 Å². The Kier molecular flexibility index (Phi) is 6.14. The SMILES string of the molecule is Cc1ccc(Cl)c2sc(NC(=O)CCCS(=O)(=O)Cc3ccccc3)nc12. The predicted octanol–water partition coefficient (Wildman–Crippen LogP) is 4.59. The van der Waals surface area contributed by atoms with Crippen molar-refractivity contribution >= 4 is 54.0 Å². The number of hydrogen-bond acceptors (Lipinski definition) is 5. The third-order valence-electron chi connectivity index (χ3n) is 4.03. The first-order chi connectivity index (χ1) is 12.8. The molecule has 0 aliphatic carbocycles. The van der Waals surface area contributed by atoms with E-state index in [-0.39, 0.29) is 30.3 Å². The molecule has 8 heteroatoms. The molecule has 0 spiro atoms. The molecule has 0 fully saturated rings. The summed E-state index contributed by atoms with van der Waals surface area (Å²) in [6.07, 6.45) is 0.391. The van der Waals surface area contributed by atoms with Crippen molar-refractivity contribution in [3.05, 3.63) is 58.6 Å². The van der Waals surface area contributed by atoms with Crippen molar-refractivity contribution in [1.29, 1.82) is 0 Å². The molecule has 1 heterocycles. The lowest BCUT2D eigenvalue weighted by molar-refractivity contribution is -0.116. The summed E-state index contributed by atoms with van der Waals surface area (Å²) in [6, 6.07) is 12.7. The van der Waals surface area contributed by atoms with Gasteiger partial charge in [0.1, 0.15) is 0 Å². The van der Waals surface area contributed by atoms with Gasteiger partial charge in [-0.05, 0) is 30.5 Å². The van der Waals surface area contributed by atoms with Crippen LogP contribution >= 0.6 is 22.9 Å². The van der Waals surface area contributed by atoms with Gasteiger partial charge in [0.2, 0.25) is 5.91 Å². The molecule has 3 rings (SSSR count). The van der Waals surface area contributed by atoms with Crippen molar-refractivity contribution in [2.24, 2.45) is 0 Å². The van der Waals surface area contributed by atoms with E-state index in [4.69, 9.17) is 11.6 Å². The molecule has 3 aromatic rings. The van der Waals surface area contributed by atoms with Crippen LogP contribution in [0, 0.1) is 6.92 Å². The molecular weight excluding hydrogens is 404 g/mol. The van der Waals surface area contributed by atoms with Crippen LogP contribution < -0.4 is 5.32 Å². The van der Waals surface area contributed by atoms with E-state index in [1.807, 2.05) is 31.2 Å². The van der Waals surface area contributed by atoms with Gasteiger partial charge in [-0.3, -0.25) is 4.79 Å². The Bertz CT molecular complexity index is 1020. The van der Waals surface area contributed by atoms with Gasteiger partial charge in [-0.25, -0.2) is 13.4 Å². The highest BCUT2D eigenvalue weighted by atomic mass is 35.5. The number of amides is 1. The number of fused-ring (bicyclic) bond motifs is 1. The number of aromatic nitrogens is 1. The van der Waals surface area contributed by atoms with Crippen LogP contribution in [0.2, 0.25) is 5.02 Å². The minimum atomic E-state index is -3.25. The number of aryl methyl sites for hydroxylation is 1. The van der Waals surface area contributed by atoms with Crippen LogP contribution in [0.5, 0.6) is 0 Å². The normalized spacial score (nSPS) is 11.6. The summed E-state index contributed by atoms with van der Waals surface area (Å²) in [5, 5.41) is 3.81. The molecule has 1 aromatic heterocycles. The summed E-state index contributed by atoms with van der Waals surface area (Å²) in [5.74, 6) is -0.289. The molecule has 2 aromatic carbocycles. The first-order valence-electron chi connectivity index (χ1n) is 8.44. The van der Waals surface area contributed by atoms with Crippen molar-refractivity contribution in [2.75, 3.05) is 11.1 Å². The third-order valence-corrected chi connectivity index (χ3v) is 7.15. The Morgan fingerprint density at radius 3 is 2.63 bits per heavy atom. The van der Waals surface area contributed by atoms with Crippen LogP contribution in [-0.2, 0) is 20.4 Å². The van der Waals surface area contributed by atoms with Gasteiger partial charge < -0.3 is 5.32 Å². The number of nitrogens with one attached hydrogen (secondary N) is 1. The highest BCUT2D eigenvalue weighted by Gasteiger charge is 2.15. The number of carbonyl (C=O) groups excluding carboxylic acids is 1. The summed E-state index contributed by atoms with van der Waals surface area (Å²) in [4.78, 5) is 16.5. The van der Waals surface area contributed by atoms with Gasteiger partial charge in [-0.1, -0.05) is 59.3 Å². The maximum atomic E-state index is 12.2. The number of thiazole rings is 1. The number of halogens is 1. The third kappa shape index (κ3) is 5.28. The van der Waals surface area contributed by atoms with E-state index in [9.17, 15) is 13.2 Å². The zero-order chi connectivity index (χ0) is 19.4. The van der Waals surface area contributed by atoms with E-state index in [0.717, 1.165) is 21.3 Å². The Morgan fingerprint density at radius 1 is 1.19 bits per heavy atom. The van der Waals surface area contributed by atoms with Gasteiger partial charge in [0.05, 0.1) is 26.7 Å². The zero-order valence-corrected chi connectivity index (χ0v) is 17.1. The van der Waals surface area contributed by atoms with Crippen molar-refractivity contribution in [3.63, 3.8) is 0 Å². The first kappa shape index (κ1) is 19.8. The number of hydrogen-bond donors (Lipinski definition) is 1. The molecule has 0 saturated heterocycles. The van der Waals surface area contributed by atoms with E-state index in [1.165, 1.54) is 11.3 Å². The molecule has 27 heavy (non-hydrogen) atoms. The zero-order valence-electron chi connectivity index (χ0n) is 14.7. The van der Waals surface area contributed by atoms with Gasteiger partial charge >= 0.3 is 0 Å². The fourth-order valence-electron chi connectivity index (χ4n) is 2.69. The van der Waals surface area contributed by atoms with Gasteiger partial charge in [-0.15, -0.1) is 0 Å². The van der Waals surface area contributed by atoms with E-state index in [0.29, 0.717) is 10.2 Å². The van der Waals surface area contributed by atoms with Gasteiger partial charge in [-0.2, -0.15) is 0 Å². The molecule has 5 nitrogen and oxygen atoms in total. The largest absolute Gasteiger partial charge is 0.302 e. The van der Waals surface area contributed by atoms with E-state index < -0.39 is 9.84 Å². The van der Waals surface area contributed by atoms with Crippen LogP contribution in [0.4, 0.5) is 5.13 Å². The average Bonchev–Trinajstić information content (AvgIpc) is 3.03. The van der Waals surface area contributed by atoms with E-state index >= 15 is 0 Å². The lowest BCUT2D eigenvalue weighted by Crippen LogP contribution is -2.15. The molecule has 1 N–H and O–H groups in total. The van der Waals surface area contributed by atoms with Crippen LogP contribution in [0.15, 0.2) is 42.5 Å². The molecule has 1 amide bonds. The van der Waals surface area contributed by atoms with E-state index in [1.54, 1.807) is 18.2 Å². The summed E-state index contributed by atoms with van der Waals surface area (Å²) >= 11 is 7.48. The molecule has 0 radical (unpaired) electrons. The van der Waals surface area contributed by atoms with Gasteiger partial charge in [0.15, 0.2) is 15.0 Å². The number of sulfone groups is 1. The highest BCUT2D eigenvalue weighted by molar-refractivity contribution is 7.90. The Labute approximate surface area is 167 Å². The fourth-order valence-corrected chi connectivity index (χ4v) is 5.35. The second-order valence-electron chi connectivity index (χ2n) is 6.29. The molecule has 0 aliphatic rings. The lowest BCUT2D eigenvalue weighted by atomic mass is 10.2. The molecule has 142 valence electrons. The molecule has 0 unspecified atom stereocenters. The topological polar surface area (TPSA) is 76.1 Å². The quantitative estimate of drug-likeness (QED) is 0.604. The van der Waals surface area contributed by atoms with Crippen LogP contribution in [0.1, 0.15) is 24.0 Å². The fraction of sp³-hybridized carbons (Fsp3) is 0.263. The Balaban J connectivity index is 1.54. The summed E-state index contributed by atoms with van der Waals surface area (Å²) in [6.45, 7) is 1.93. The maximum Gasteiger partial charge on any atom is 0.226 e. The minimum absolute atomic E-state index is 0.00882. The van der Waals surface area contributed by atoms with Crippen molar-refractivity contribution in [3.8, 4) is 0 Å². The predicted molar refractivity (Wildman–Crippen MR) is 111 cm³/mol. The molecule has 0 saturated carbocycles. The van der Waals surface area contributed by atoms with E-state index in [2.05, 4.69) is 10.3 Å². The van der Waals surface area contributed by atoms with Crippen LogP contribution in [0.3, 0.4) is 0 Å². The average molecular weight is 423 g/mol. The van der Waals surface area contributed by atoms with Crippen molar-refractivity contribution < 1.29 is 13.2 Å². The smallest absolute Gasteiger partial charge is 0.226 e. The second kappa shape index (κ2) is 8.37. The number of rotatable bonds is 7. The van der Waals surface area contributed by atoms with Crippen molar-refractivity contribution in [2.45, 2.75) is 25.5 Å². The molecule has 0 bridgehead atoms. The monoisotopic (exact) mass is 422 g/mol. The number of anilines is 1. The lowest BCUT2D eigenvalue weighted by Gasteiger charge is -2.05. The summed E-state index contributed by atoms with van der Waals surface area (Å²) in [5.41, 5.74) is 2.51. The number of carbonyl (C=O) groups is 1. The van der Waals surface area contributed by atoms with Gasteiger partial charge in [0, 0.05) is 6.42 Å². The highest BCUT2D eigenvalue weighted by Crippen LogP contribution is 2.33. The maximum absolute atomic E-state index is 12.2. The number of benzene rings is 2. The summed E-state index contributed by atoms with van der Waals surface area (Å²) in [7, 11) is -3.25. The van der Waals surface area contributed by atoms with Gasteiger partial charge in [0.25, 0.3) is 0 Å². The Hall–Kier alpha value is -1.96.